The van der Waals surface area contributed by atoms with E-state index in [4.69, 9.17) is 11.8 Å². The molecule has 10 heavy (non-hydrogen) atoms. The fraction of sp³-hybridized carbons (Fsp3) is 0.143. The van der Waals surface area contributed by atoms with Crippen molar-refractivity contribution in [1.29, 1.82) is 0 Å². The van der Waals surface area contributed by atoms with E-state index in [1.807, 2.05) is 30.3 Å². The highest BCUT2D eigenvalue weighted by atomic mass is 35.5. The van der Waals surface area contributed by atoms with Gasteiger partial charge < -0.3 is 0 Å². The number of hydrogen-bond acceptors (Lipinski definition) is 1. The van der Waals surface area contributed by atoms with Crippen molar-refractivity contribution >= 4 is 11.8 Å². The van der Waals surface area contributed by atoms with E-state index >= 15 is 0 Å². The molecule has 1 rings (SSSR count). The van der Waals surface area contributed by atoms with E-state index in [-0.39, 0.29) is 0 Å². The third-order valence-electron chi connectivity index (χ3n) is 1.12. The lowest BCUT2D eigenvalue weighted by atomic mass is 10.2. The predicted octanol–water partition coefficient (Wildman–Crippen LogP) is 1.88. The van der Waals surface area contributed by atoms with Gasteiger partial charge in [-0.2, -0.15) is 0 Å². The van der Waals surface area contributed by atoms with Crippen LogP contribution in [-0.4, -0.2) is 0 Å². The topological polar surface area (TPSA) is 23.3 Å². The number of halogens is 1. The first-order chi connectivity index (χ1) is 4.93. The molecule has 3 heteroatoms. The summed E-state index contributed by atoms with van der Waals surface area (Å²) in [5.74, 6) is 0. The quantitative estimate of drug-likeness (QED) is 0.613. The monoisotopic (exact) mass is 156 g/mol. The number of benzene rings is 1. The molecule has 0 saturated carbocycles. The van der Waals surface area contributed by atoms with Crippen LogP contribution in [0.2, 0.25) is 0 Å². The minimum Gasteiger partial charge on any atom is -0.262 e. The van der Waals surface area contributed by atoms with E-state index in [1.54, 1.807) is 0 Å². The van der Waals surface area contributed by atoms with E-state index in [1.165, 1.54) is 0 Å². The summed E-state index contributed by atoms with van der Waals surface area (Å²) in [5, 5.41) is 0. The first-order valence-electron chi connectivity index (χ1n) is 2.90. The largest absolute Gasteiger partial charge is 0.262 e. The Morgan fingerprint density at radius 1 is 1.30 bits per heavy atom. The second-order valence-electron chi connectivity index (χ2n) is 1.83. The van der Waals surface area contributed by atoms with Crippen molar-refractivity contribution in [3.63, 3.8) is 0 Å². The SMILES string of the molecule is Cl[N]OCc1ccccc1. The number of nitrogens with zero attached hydrogens (tertiary/aromatic N) is 1. The third kappa shape index (κ3) is 2.35. The zero-order valence-corrected chi connectivity index (χ0v) is 6.08. The van der Waals surface area contributed by atoms with Gasteiger partial charge in [-0.1, -0.05) is 30.3 Å². The summed E-state index contributed by atoms with van der Waals surface area (Å²) in [6.07, 6.45) is 0. The molecule has 0 amide bonds. The van der Waals surface area contributed by atoms with E-state index in [0.717, 1.165) is 5.56 Å². The molecular formula is C7H7ClNO. The van der Waals surface area contributed by atoms with Crippen molar-refractivity contribution < 1.29 is 4.84 Å². The molecule has 0 aliphatic carbocycles. The number of rotatable bonds is 3. The molecular weight excluding hydrogens is 150 g/mol. The van der Waals surface area contributed by atoms with E-state index in [2.05, 4.69) is 9.84 Å². The van der Waals surface area contributed by atoms with Gasteiger partial charge in [0.25, 0.3) is 0 Å². The molecule has 1 radical (unpaired) electrons. The van der Waals surface area contributed by atoms with Gasteiger partial charge in [-0.25, -0.2) is 0 Å². The highest BCUT2D eigenvalue weighted by molar-refractivity contribution is 6.12. The van der Waals surface area contributed by atoms with E-state index in [0.29, 0.717) is 6.61 Å². The summed E-state index contributed by atoms with van der Waals surface area (Å²) in [6.45, 7) is 0.435. The maximum atomic E-state index is 4.95. The molecule has 0 spiro atoms. The normalized spacial score (nSPS) is 9.70. The van der Waals surface area contributed by atoms with Crippen LogP contribution in [0.5, 0.6) is 0 Å². The maximum Gasteiger partial charge on any atom is 0.0968 e. The molecule has 0 unspecified atom stereocenters. The van der Waals surface area contributed by atoms with E-state index < -0.39 is 0 Å². The van der Waals surface area contributed by atoms with Crippen molar-refractivity contribution in [2.45, 2.75) is 6.61 Å². The lowest BCUT2D eigenvalue weighted by Crippen LogP contribution is -1.93. The molecule has 0 saturated heterocycles. The minimum atomic E-state index is 0.435. The standard InChI is InChI=1S/C7H7ClNO/c8-9-10-6-7-4-2-1-3-5-7/h1-5H,6H2. The molecule has 1 aromatic rings. The average molecular weight is 157 g/mol. The van der Waals surface area contributed by atoms with Crippen molar-refractivity contribution in [3.8, 4) is 0 Å². The molecule has 2 nitrogen and oxygen atoms in total. The molecule has 0 N–H and O–H groups in total. The van der Waals surface area contributed by atoms with Gasteiger partial charge in [0.05, 0.1) is 6.61 Å². The molecule has 0 aromatic heterocycles. The lowest BCUT2D eigenvalue weighted by molar-refractivity contribution is 0.0747. The Morgan fingerprint density at radius 2 is 2.00 bits per heavy atom. The van der Waals surface area contributed by atoms with Gasteiger partial charge in [0.2, 0.25) is 0 Å². The fourth-order valence-corrected chi connectivity index (χ4v) is 0.722. The van der Waals surface area contributed by atoms with Crippen LogP contribution >= 0.6 is 11.8 Å². The molecule has 0 fully saturated rings. The summed E-state index contributed by atoms with van der Waals surface area (Å²) >= 11 is 4.95. The van der Waals surface area contributed by atoms with Crippen LogP contribution in [-0.2, 0) is 11.4 Å². The van der Waals surface area contributed by atoms with E-state index in [9.17, 15) is 0 Å². The molecule has 0 aliphatic heterocycles. The maximum absolute atomic E-state index is 4.95. The highest BCUT2D eigenvalue weighted by Gasteiger charge is 1.88. The molecule has 0 heterocycles. The summed E-state index contributed by atoms with van der Waals surface area (Å²) < 4.78 is 0. The summed E-state index contributed by atoms with van der Waals surface area (Å²) in [4.78, 5) is 7.61. The van der Waals surface area contributed by atoms with Gasteiger partial charge in [0.1, 0.15) is 0 Å². The van der Waals surface area contributed by atoms with Crippen LogP contribution in [0.4, 0.5) is 0 Å². The Labute approximate surface area is 64.8 Å². The van der Waals surface area contributed by atoms with Gasteiger partial charge in [-0.15, -0.1) is 0 Å². The zero-order chi connectivity index (χ0) is 7.23. The second-order valence-corrected chi connectivity index (χ2v) is 1.97. The predicted molar refractivity (Wildman–Crippen MR) is 39.2 cm³/mol. The smallest absolute Gasteiger partial charge is 0.0968 e. The van der Waals surface area contributed by atoms with Crippen LogP contribution in [0.1, 0.15) is 5.56 Å². The van der Waals surface area contributed by atoms with Crippen molar-refractivity contribution in [2.24, 2.45) is 0 Å². The van der Waals surface area contributed by atoms with Crippen molar-refractivity contribution in [1.82, 2.24) is 5.00 Å². The zero-order valence-electron chi connectivity index (χ0n) is 5.33. The third-order valence-corrected chi connectivity index (χ3v) is 1.22. The summed E-state index contributed by atoms with van der Waals surface area (Å²) in [7, 11) is 0. The number of hydrogen-bond donors (Lipinski definition) is 0. The molecule has 1 aromatic carbocycles. The Balaban J connectivity index is 2.43. The summed E-state index contributed by atoms with van der Waals surface area (Å²) in [5.41, 5.74) is 1.06. The Morgan fingerprint density at radius 3 is 2.60 bits per heavy atom. The molecule has 0 aliphatic rings. The van der Waals surface area contributed by atoms with Gasteiger partial charge in [-0.3, -0.25) is 4.84 Å². The van der Waals surface area contributed by atoms with Crippen LogP contribution in [0.3, 0.4) is 0 Å². The Kier molecular flexibility index (Phi) is 3.22. The molecule has 0 atom stereocenters. The van der Waals surface area contributed by atoms with Crippen LogP contribution < -0.4 is 5.00 Å². The average Bonchev–Trinajstić information content (AvgIpc) is 2.03. The minimum absolute atomic E-state index is 0.435. The van der Waals surface area contributed by atoms with Crippen molar-refractivity contribution in [2.75, 3.05) is 0 Å². The van der Waals surface area contributed by atoms with Crippen LogP contribution in [0.25, 0.3) is 0 Å². The summed E-state index contributed by atoms with van der Waals surface area (Å²) in [6, 6.07) is 9.71. The second kappa shape index (κ2) is 4.28. The molecule has 0 bridgehead atoms. The Bertz CT molecular complexity index is 178. The van der Waals surface area contributed by atoms with Crippen LogP contribution in [0.15, 0.2) is 30.3 Å². The van der Waals surface area contributed by atoms with Crippen LogP contribution in [0, 0.1) is 0 Å². The first-order valence-corrected chi connectivity index (χ1v) is 3.24. The lowest BCUT2D eigenvalue weighted by Gasteiger charge is -1.95. The van der Waals surface area contributed by atoms with Gasteiger partial charge in [0.15, 0.2) is 0 Å². The van der Waals surface area contributed by atoms with Gasteiger partial charge >= 0.3 is 0 Å². The molecule has 53 valence electrons. The highest BCUT2D eigenvalue weighted by Crippen LogP contribution is 1.99. The Hall–Kier alpha value is -0.570. The van der Waals surface area contributed by atoms with Crippen molar-refractivity contribution in [3.05, 3.63) is 35.9 Å². The van der Waals surface area contributed by atoms with Gasteiger partial charge in [0, 0.05) is 16.8 Å². The fourth-order valence-electron chi connectivity index (χ4n) is 0.673. The van der Waals surface area contributed by atoms with Gasteiger partial charge in [-0.05, 0) is 5.56 Å². The first kappa shape index (κ1) is 7.54.